The van der Waals surface area contributed by atoms with Gasteiger partial charge in [0.1, 0.15) is 18.1 Å². The van der Waals surface area contributed by atoms with Gasteiger partial charge in [0.25, 0.3) is 0 Å². The first kappa shape index (κ1) is 28.7. The SMILES string of the molecule is CC[C@@H](C)NC(=O)CN1C(=O)CS[C@H](c2ccccc2OC)c2c(C(C)(C)C)nn(-c3ccc(C)cc3C)c21. The Morgan fingerprint density at radius 1 is 1.21 bits per heavy atom. The fraction of sp³-hybridized carbons (Fsp3) is 0.452. The Morgan fingerprint density at radius 3 is 2.56 bits per heavy atom. The number of methoxy groups -OCH3 is 1. The van der Waals surface area contributed by atoms with E-state index in [1.54, 1.807) is 23.8 Å². The van der Waals surface area contributed by atoms with E-state index in [0.29, 0.717) is 5.82 Å². The van der Waals surface area contributed by atoms with Crippen molar-refractivity contribution in [1.82, 2.24) is 15.1 Å². The summed E-state index contributed by atoms with van der Waals surface area (Å²) < 4.78 is 7.66. The van der Waals surface area contributed by atoms with Crippen molar-refractivity contribution in [3.05, 3.63) is 70.4 Å². The average Bonchev–Trinajstić information content (AvgIpc) is 3.21. The molecule has 2 atom stereocenters. The number of nitrogens with one attached hydrogen (secondary N) is 1. The number of para-hydroxylation sites is 1. The maximum absolute atomic E-state index is 13.8. The topological polar surface area (TPSA) is 76.5 Å². The highest BCUT2D eigenvalue weighted by Crippen LogP contribution is 2.50. The van der Waals surface area contributed by atoms with E-state index in [9.17, 15) is 9.59 Å². The van der Waals surface area contributed by atoms with Crippen LogP contribution in [0.5, 0.6) is 5.75 Å². The standard InChI is InChI=1S/C31H40N4O3S/c1-9-21(4)32-25(36)17-34-26(37)18-39-28(22-12-10-11-13-24(22)38-8)27-29(31(5,6)7)33-35(30(27)34)23-15-14-19(2)16-20(23)3/h10-16,21,28H,9,17-18H2,1-8H3,(H,32,36)/t21-,28-/m1/s1. The van der Waals surface area contributed by atoms with Crippen LogP contribution in [0.1, 0.15) is 74.2 Å². The number of nitrogens with zero attached hydrogens (tertiary/aromatic N) is 3. The smallest absolute Gasteiger partial charge is 0.240 e. The van der Waals surface area contributed by atoms with Crippen LogP contribution in [0, 0.1) is 13.8 Å². The van der Waals surface area contributed by atoms with Crippen LogP contribution in [-0.4, -0.2) is 47.0 Å². The van der Waals surface area contributed by atoms with E-state index in [0.717, 1.165) is 45.8 Å². The molecule has 0 bridgehead atoms. The molecule has 8 heteroatoms. The molecular formula is C31H40N4O3S. The van der Waals surface area contributed by atoms with Gasteiger partial charge in [-0.3, -0.25) is 14.5 Å². The third kappa shape index (κ3) is 5.86. The zero-order valence-corrected chi connectivity index (χ0v) is 25.1. The van der Waals surface area contributed by atoms with E-state index in [1.165, 1.54) is 0 Å². The molecule has 1 aliphatic rings. The lowest BCUT2D eigenvalue weighted by Gasteiger charge is -2.25. The second kappa shape index (κ2) is 11.5. The van der Waals surface area contributed by atoms with Gasteiger partial charge in [-0.1, -0.05) is 63.6 Å². The van der Waals surface area contributed by atoms with Crippen LogP contribution in [0.15, 0.2) is 42.5 Å². The minimum Gasteiger partial charge on any atom is -0.496 e. The summed E-state index contributed by atoms with van der Waals surface area (Å²) in [6.45, 7) is 14.5. The number of ether oxygens (including phenoxy) is 1. The van der Waals surface area contributed by atoms with Gasteiger partial charge < -0.3 is 10.1 Å². The molecule has 0 radical (unpaired) electrons. The summed E-state index contributed by atoms with van der Waals surface area (Å²) in [5.74, 6) is 1.33. The number of benzene rings is 2. The van der Waals surface area contributed by atoms with Crippen molar-refractivity contribution in [3.8, 4) is 11.4 Å². The van der Waals surface area contributed by atoms with E-state index in [1.807, 2.05) is 42.8 Å². The van der Waals surface area contributed by atoms with Crippen LogP contribution in [-0.2, 0) is 15.0 Å². The summed E-state index contributed by atoms with van der Waals surface area (Å²) in [7, 11) is 1.67. The molecule has 39 heavy (non-hydrogen) atoms. The van der Waals surface area contributed by atoms with Crippen molar-refractivity contribution in [2.75, 3.05) is 24.3 Å². The summed E-state index contributed by atoms with van der Waals surface area (Å²) in [4.78, 5) is 28.7. The number of aryl methyl sites for hydroxylation is 2. The fourth-order valence-corrected chi connectivity index (χ4v) is 6.20. The largest absolute Gasteiger partial charge is 0.496 e. The third-order valence-electron chi connectivity index (χ3n) is 7.12. The second-order valence-corrected chi connectivity index (χ2v) is 12.4. The summed E-state index contributed by atoms with van der Waals surface area (Å²) in [5.41, 5.74) is 5.57. The number of hydrogen-bond donors (Lipinski definition) is 1. The zero-order chi connectivity index (χ0) is 28.5. The Hall–Kier alpha value is -3.26. The second-order valence-electron chi connectivity index (χ2n) is 11.3. The number of rotatable bonds is 7. The number of carbonyl (C=O) groups is 2. The van der Waals surface area contributed by atoms with E-state index < -0.39 is 0 Å². The van der Waals surface area contributed by atoms with Crippen molar-refractivity contribution in [3.63, 3.8) is 0 Å². The molecule has 1 aromatic heterocycles. The molecule has 1 N–H and O–H groups in total. The molecule has 2 aromatic carbocycles. The van der Waals surface area contributed by atoms with Gasteiger partial charge in [-0.05, 0) is 44.9 Å². The van der Waals surface area contributed by atoms with Gasteiger partial charge in [0, 0.05) is 22.6 Å². The van der Waals surface area contributed by atoms with E-state index in [-0.39, 0.29) is 40.8 Å². The number of aromatic nitrogens is 2. The van der Waals surface area contributed by atoms with Crippen LogP contribution in [0.2, 0.25) is 0 Å². The van der Waals surface area contributed by atoms with Gasteiger partial charge >= 0.3 is 0 Å². The van der Waals surface area contributed by atoms with Gasteiger partial charge in [0.2, 0.25) is 11.8 Å². The lowest BCUT2D eigenvalue weighted by atomic mass is 9.87. The Kier molecular flexibility index (Phi) is 8.45. The lowest BCUT2D eigenvalue weighted by molar-refractivity contribution is -0.123. The quantitative estimate of drug-likeness (QED) is 0.399. The van der Waals surface area contributed by atoms with Crippen molar-refractivity contribution in [1.29, 1.82) is 0 Å². The number of hydrogen-bond acceptors (Lipinski definition) is 5. The maximum Gasteiger partial charge on any atom is 0.240 e. The first-order valence-corrected chi connectivity index (χ1v) is 14.6. The molecule has 4 rings (SSSR count). The molecule has 2 heterocycles. The molecule has 2 amide bonds. The highest BCUT2D eigenvalue weighted by atomic mass is 32.2. The molecule has 0 aliphatic carbocycles. The summed E-state index contributed by atoms with van der Waals surface area (Å²) >= 11 is 1.56. The number of thioether (sulfide) groups is 1. The van der Waals surface area contributed by atoms with Gasteiger partial charge in [0.15, 0.2) is 0 Å². The van der Waals surface area contributed by atoms with Crippen molar-refractivity contribution in [2.45, 2.75) is 71.6 Å². The Labute approximate surface area is 236 Å². The van der Waals surface area contributed by atoms with Crippen LogP contribution in [0.4, 0.5) is 5.82 Å². The van der Waals surface area contributed by atoms with Gasteiger partial charge in [0.05, 0.1) is 29.5 Å². The summed E-state index contributed by atoms with van der Waals surface area (Å²) in [6.07, 6.45) is 0.811. The predicted molar refractivity (Wildman–Crippen MR) is 159 cm³/mol. The highest BCUT2D eigenvalue weighted by molar-refractivity contribution is 8.00. The molecule has 1 aliphatic heterocycles. The van der Waals surface area contributed by atoms with Gasteiger partial charge in [-0.2, -0.15) is 5.10 Å². The summed E-state index contributed by atoms with van der Waals surface area (Å²) in [5, 5.41) is 8.03. The Morgan fingerprint density at radius 2 is 1.92 bits per heavy atom. The Bertz CT molecular complexity index is 1370. The predicted octanol–water partition coefficient (Wildman–Crippen LogP) is 5.88. The van der Waals surface area contributed by atoms with Crippen LogP contribution < -0.4 is 15.0 Å². The molecule has 7 nitrogen and oxygen atoms in total. The monoisotopic (exact) mass is 548 g/mol. The lowest BCUT2D eigenvalue weighted by Crippen LogP contribution is -2.44. The zero-order valence-electron chi connectivity index (χ0n) is 24.3. The normalized spacial score (nSPS) is 16.5. The molecule has 0 saturated carbocycles. The molecule has 0 unspecified atom stereocenters. The highest BCUT2D eigenvalue weighted by Gasteiger charge is 2.40. The Balaban J connectivity index is 2.04. The first-order chi connectivity index (χ1) is 18.5. The number of carbonyl (C=O) groups excluding carboxylic acids is 2. The van der Waals surface area contributed by atoms with Crippen LogP contribution in [0.3, 0.4) is 0 Å². The van der Waals surface area contributed by atoms with Crippen LogP contribution in [0.25, 0.3) is 5.69 Å². The number of fused-ring (bicyclic) bond motifs is 1. The molecule has 0 fully saturated rings. The number of anilines is 1. The number of amides is 2. The molecule has 3 aromatic rings. The van der Waals surface area contributed by atoms with E-state index >= 15 is 0 Å². The third-order valence-corrected chi connectivity index (χ3v) is 8.36. The van der Waals surface area contributed by atoms with Crippen molar-refractivity contribution < 1.29 is 14.3 Å². The van der Waals surface area contributed by atoms with Crippen molar-refractivity contribution in [2.24, 2.45) is 0 Å². The minimum absolute atomic E-state index is 0.0177. The van der Waals surface area contributed by atoms with E-state index in [2.05, 4.69) is 58.1 Å². The van der Waals surface area contributed by atoms with E-state index in [4.69, 9.17) is 9.84 Å². The van der Waals surface area contributed by atoms with Gasteiger partial charge in [-0.25, -0.2) is 4.68 Å². The summed E-state index contributed by atoms with van der Waals surface area (Å²) in [6, 6.07) is 14.2. The molecule has 0 saturated heterocycles. The molecule has 208 valence electrons. The van der Waals surface area contributed by atoms with Gasteiger partial charge in [-0.15, -0.1) is 11.8 Å². The average molecular weight is 549 g/mol. The molecule has 0 spiro atoms. The van der Waals surface area contributed by atoms with Crippen molar-refractivity contribution >= 4 is 29.4 Å². The van der Waals surface area contributed by atoms with Crippen LogP contribution >= 0.6 is 11.8 Å². The maximum atomic E-state index is 13.8. The minimum atomic E-state index is -0.327. The first-order valence-electron chi connectivity index (χ1n) is 13.5. The molecular weight excluding hydrogens is 508 g/mol. The fourth-order valence-electron chi connectivity index (χ4n) is 4.98.